The highest BCUT2D eigenvalue weighted by molar-refractivity contribution is 6.16. The van der Waals surface area contributed by atoms with Gasteiger partial charge in [0.05, 0.1) is 17.3 Å². The van der Waals surface area contributed by atoms with Crippen LogP contribution in [0.15, 0.2) is 18.3 Å². The third-order valence-corrected chi connectivity index (χ3v) is 3.53. The number of pyridine rings is 1. The number of hydrogen-bond acceptors (Lipinski definition) is 3. The van der Waals surface area contributed by atoms with Gasteiger partial charge in [-0.3, -0.25) is 9.25 Å². The van der Waals surface area contributed by atoms with Crippen LogP contribution in [0.1, 0.15) is 24.1 Å². The Morgan fingerprint density at radius 3 is 2.75 bits per heavy atom. The van der Waals surface area contributed by atoms with E-state index in [1.165, 1.54) is 0 Å². The minimum atomic E-state index is 0.341. The predicted octanol–water partition coefficient (Wildman–Crippen LogP) is 2.76. The molecule has 3 heterocycles. The second-order valence-corrected chi connectivity index (χ2v) is 5.05. The van der Waals surface area contributed by atoms with E-state index in [2.05, 4.69) is 22.0 Å². The van der Waals surface area contributed by atoms with Crippen LogP contribution in [-0.2, 0) is 19.3 Å². The van der Waals surface area contributed by atoms with Crippen LogP contribution in [0.3, 0.4) is 0 Å². The second kappa shape index (κ2) is 4.90. The van der Waals surface area contributed by atoms with Crippen molar-refractivity contribution in [2.75, 3.05) is 0 Å². The first kappa shape index (κ1) is 13.1. The first-order valence-electron chi connectivity index (χ1n) is 6.58. The lowest BCUT2D eigenvalue weighted by atomic mass is 10.3. The molecule has 0 aliphatic rings. The highest BCUT2D eigenvalue weighted by atomic mass is 35.5. The summed E-state index contributed by atoms with van der Waals surface area (Å²) in [7, 11) is 1.92. The molecule has 3 aromatic heterocycles. The number of halogens is 1. The van der Waals surface area contributed by atoms with Crippen molar-refractivity contribution in [3.63, 3.8) is 0 Å². The fraction of sp³-hybridized carbons (Fsp3) is 0.357. The molecular weight excluding hydrogens is 274 g/mol. The molecule has 0 radical (unpaired) electrons. The number of aryl methyl sites for hydroxylation is 3. The molecule has 0 atom stereocenters. The highest BCUT2D eigenvalue weighted by Gasteiger charge is 2.17. The van der Waals surface area contributed by atoms with Gasteiger partial charge in [-0.05, 0) is 25.5 Å². The fourth-order valence-corrected chi connectivity index (χ4v) is 2.58. The van der Waals surface area contributed by atoms with Crippen LogP contribution in [-0.4, -0.2) is 24.3 Å². The molecule has 0 spiro atoms. The predicted molar refractivity (Wildman–Crippen MR) is 79.3 cm³/mol. The van der Waals surface area contributed by atoms with Crippen molar-refractivity contribution in [3.05, 3.63) is 35.5 Å². The molecule has 6 heteroatoms. The molecule has 104 valence electrons. The van der Waals surface area contributed by atoms with E-state index < -0.39 is 0 Å². The van der Waals surface area contributed by atoms with Crippen molar-refractivity contribution in [1.29, 1.82) is 0 Å². The van der Waals surface area contributed by atoms with Crippen molar-refractivity contribution in [1.82, 2.24) is 24.3 Å². The van der Waals surface area contributed by atoms with Gasteiger partial charge in [-0.25, -0.2) is 9.97 Å². The summed E-state index contributed by atoms with van der Waals surface area (Å²) < 4.78 is 3.83. The fourth-order valence-electron chi connectivity index (χ4n) is 2.40. The Kier molecular flexibility index (Phi) is 3.22. The van der Waals surface area contributed by atoms with Gasteiger partial charge in [0.1, 0.15) is 11.3 Å². The van der Waals surface area contributed by atoms with Crippen molar-refractivity contribution in [2.24, 2.45) is 7.05 Å². The van der Waals surface area contributed by atoms with E-state index in [9.17, 15) is 0 Å². The molecule has 3 aromatic rings. The van der Waals surface area contributed by atoms with Gasteiger partial charge in [-0.15, -0.1) is 11.6 Å². The van der Waals surface area contributed by atoms with E-state index >= 15 is 0 Å². The van der Waals surface area contributed by atoms with Gasteiger partial charge < -0.3 is 0 Å². The number of imidazole rings is 1. The molecule has 0 aliphatic heterocycles. The Balaban J connectivity index is 2.35. The van der Waals surface area contributed by atoms with Crippen molar-refractivity contribution >= 4 is 22.8 Å². The van der Waals surface area contributed by atoms with E-state index in [1.54, 1.807) is 0 Å². The standard InChI is InChI=1S/C14H16ClN5/c1-4-10-12(8-19(3)18-10)20-13(7-15)17-11-6-5-9(2)16-14(11)20/h5-6,8H,4,7H2,1-3H3. The molecule has 20 heavy (non-hydrogen) atoms. The normalized spacial score (nSPS) is 11.4. The van der Waals surface area contributed by atoms with Crippen LogP contribution in [0.5, 0.6) is 0 Å². The van der Waals surface area contributed by atoms with Crippen LogP contribution in [0.25, 0.3) is 16.9 Å². The molecule has 0 bridgehead atoms. The first-order chi connectivity index (χ1) is 9.63. The number of fused-ring (bicyclic) bond motifs is 1. The Bertz CT molecular complexity index is 771. The van der Waals surface area contributed by atoms with Gasteiger partial charge >= 0.3 is 0 Å². The average molecular weight is 290 g/mol. The SMILES string of the molecule is CCc1nn(C)cc1-n1c(CCl)nc2ccc(C)nc21. The number of alkyl halides is 1. The summed E-state index contributed by atoms with van der Waals surface area (Å²) in [6.45, 7) is 4.06. The van der Waals surface area contributed by atoms with Crippen molar-refractivity contribution in [2.45, 2.75) is 26.1 Å². The zero-order valence-electron chi connectivity index (χ0n) is 11.8. The van der Waals surface area contributed by atoms with Crippen molar-refractivity contribution in [3.8, 4) is 5.69 Å². The zero-order valence-corrected chi connectivity index (χ0v) is 12.5. The van der Waals surface area contributed by atoms with Crippen LogP contribution >= 0.6 is 11.6 Å². The summed E-state index contributed by atoms with van der Waals surface area (Å²) in [6, 6.07) is 3.94. The molecule has 0 aromatic carbocycles. The third-order valence-electron chi connectivity index (χ3n) is 3.29. The largest absolute Gasteiger partial charge is 0.276 e. The topological polar surface area (TPSA) is 48.5 Å². The third kappa shape index (κ3) is 1.98. The molecule has 0 unspecified atom stereocenters. The minimum absolute atomic E-state index is 0.341. The quantitative estimate of drug-likeness (QED) is 0.697. The van der Waals surface area contributed by atoms with E-state index in [-0.39, 0.29) is 0 Å². The Morgan fingerprint density at radius 1 is 1.25 bits per heavy atom. The van der Waals surface area contributed by atoms with Crippen LogP contribution in [0.2, 0.25) is 0 Å². The van der Waals surface area contributed by atoms with Crippen molar-refractivity contribution < 1.29 is 0 Å². The number of rotatable bonds is 3. The molecule has 0 saturated heterocycles. The number of nitrogens with zero attached hydrogens (tertiary/aromatic N) is 5. The second-order valence-electron chi connectivity index (χ2n) is 4.78. The van der Waals surface area contributed by atoms with Gasteiger partial charge in [0.25, 0.3) is 0 Å². The average Bonchev–Trinajstić information content (AvgIpc) is 2.97. The molecule has 5 nitrogen and oxygen atoms in total. The van der Waals surface area contributed by atoms with Gasteiger partial charge in [-0.2, -0.15) is 5.10 Å². The van der Waals surface area contributed by atoms with Gasteiger partial charge in [0.2, 0.25) is 0 Å². The van der Waals surface area contributed by atoms with Gasteiger partial charge in [0.15, 0.2) is 5.65 Å². The lowest BCUT2D eigenvalue weighted by Crippen LogP contribution is -2.02. The van der Waals surface area contributed by atoms with E-state index in [1.807, 2.05) is 41.5 Å². The van der Waals surface area contributed by atoms with E-state index in [4.69, 9.17) is 11.6 Å². The molecule has 0 aliphatic carbocycles. The summed E-state index contributed by atoms with van der Waals surface area (Å²) in [6.07, 6.45) is 2.84. The summed E-state index contributed by atoms with van der Waals surface area (Å²) in [5, 5.41) is 4.49. The summed E-state index contributed by atoms with van der Waals surface area (Å²) in [5.41, 5.74) is 4.68. The summed E-state index contributed by atoms with van der Waals surface area (Å²) >= 11 is 6.06. The van der Waals surface area contributed by atoms with Crippen LogP contribution < -0.4 is 0 Å². The summed E-state index contributed by atoms with van der Waals surface area (Å²) in [5.74, 6) is 1.13. The molecular formula is C14H16ClN5. The number of hydrogen-bond donors (Lipinski definition) is 0. The molecule has 0 amide bonds. The first-order valence-corrected chi connectivity index (χ1v) is 7.11. The van der Waals surface area contributed by atoms with Gasteiger partial charge in [0, 0.05) is 18.9 Å². The Morgan fingerprint density at radius 2 is 2.05 bits per heavy atom. The Hall–Kier alpha value is -1.88. The number of aromatic nitrogens is 5. The molecule has 0 N–H and O–H groups in total. The molecule has 0 fully saturated rings. The summed E-state index contributed by atoms with van der Waals surface area (Å²) in [4.78, 5) is 9.17. The lowest BCUT2D eigenvalue weighted by molar-refractivity contribution is 0.746. The maximum absolute atomic E-state index is 6.06. The molecule has 3 rings (SSSR count). The minimum Gasteiger partial charge on any atom is -0.276 e. The highest BCUT2D eigenvalue weighted by Crippen LogP contribution is 2.23. The Labute approximate surface area is 122 Å². The monoisotopic (exact) mass is 289 g/mol. The molecule has 0 saturated carbocycles. The lowest BCUT2D eigenvalue weighted by Gasteiger charge is -2.06. The van der Waals surface area contributed by atoms with E-state index in [0.717, 1.165) is 40.5 Å². The van der Waals surface area contributed by atoms with Crippen LogP contribution in [0, 0.1) is 6.92 Å². The van der Waals surface area contributed by atoms with E-state index in [0.29, 0.717) is 5.88 Å². The maximum atomic E-state index is 6.06. The smallest absolute Gasteiger partial charge is 0.165 e. The zero-order chi connectivity index (χ0) is 14.3. The van der Waals surface area contributed by atoms with Gasteiger partial charge in [-0.1, -0.05) is 6.92 Å². The maximum Gasteiger partial charge on any atom is 0.165 e. The van der Waals surface area contributed by atoms with Crippen LogP contribution in [0.4, 0.5) is 0 Å².